The smallest absolute Gasteiger partial charge is 0.160 e. The molecule has 0 atom stereocenters. The Morgan fingerprint density at radius 1 is 0.262 bits per heavy atom. The van der Waals surface area contributed by atoms with Gasteiger partial charge >= 0.3 is 0 Å². The van der Waals surface area contributed by atoms with E-state index in [9.17, 15) is 0 Å². The first-order valence-corrected chi connectivity index (χ1v) is 21.5. The van der Waals surface area contributed by atoms with Crippen LogP contribution in [0.5, 0.6) is 0 Å². The lowest BCUT2D eigenvalue weighted by molar-refractivity contribution is 1.18. The van der Waals surface area contributed by atoms with Gasteiger partial charge in [0.05, 0.1) is 11.4 Å². The topological polar surface area (TPSA) is 25.8 Å². The summed E-state index contributed by atoms with van der Waals surface area (Å²) in [6.45, 7) is 0. The van der Waals surface area contributed by atoms with Crippen LogP contribution in [-0.4, -0.2) is 9.97 Å². The van der Waals surface area contributed by atoms with Gasteiger partial charge in [-0.3, -0.25) is 0 Å². The first-order chi connectivity index (χ1) is 30.2. The van der Waals surface area contributed by atoms with E-state index in [0.717, 1.165) is 39.2 Å². The molecule has 0 aliphatic heterocycles. The molecule has 2 heterocycles. The number of fused-ring (bicyclic) bond motifs is 9. The van der Waals surface area contributed by atoms with Crippen LogP contribution in [0.2, 0.25) is 0 Å². The van der Waals surface area contributed by atoms with Gasteiger partial charge in [-0.05, 0) is 102 Å². The van der Waals surface area contributed by atoms with Gasteiger partial charge in [-0.2, -0.15) is 0 Å². The highest BCUT2D eigenvalue weighted by Gasteiger charge is 2.17. The van der Waals surface area contributed by atoms with Crippen LogP contribution in [0.4, 0.5) is 0 Å². The van der Waals surface area contributed by atoms with Crippen molar-refractivity contribution in [3.63, 3.8) is 0 Å². The zero-order chi connectivity index (χ0) is 40.3. The number of benzene rings is 10. The third kappa shape index (κ3) is 6.18. The lowest BCUT2D eigenvalue weighted by atomic mass is 9.88. The van der Waals surface area contributed by atoms with E-state index >= 15 is 0 Å². The Morgan fingerprint density at radius 3 is 1.57 bits per heavy atom. The van der Waals surface area contributed by atoms with E-state index in [1.165, 1.54) is 74.7 Å². The normalized spacial score (nSPS) is 11.6. The largest absolute Gasteiger partial charge is 0.228 e. The quantitative estimate of drug-likeness (QED) is 0.157. The van der Waals surface area contributed by atoms with Gasteiger partial charge < -0.3 is 0 Å². The van der Waals surface area contributed by atoms with Gasteiger partial charge in [-0.1, -0.05) is 182 Å². The van der Waals surface area contributed by atoms with E-state index < -0.39 is 0 Å². The molecule has 0 saturated heterocycles. The fourth-order valence-electron chi connectivity index (χ4n) is 9.10. The average Bonchev–Trinajstić information content (AvgIpc) is 3.72. The van der Waals surface area contributed by atoms with Crippen LogP contribution in [0.25, 0.3) is 120 Å². The van der Waals surface area contributed by atoms with E-state index in [1.54, 1.807) is 0 Å². The van der Waals surface area contributed by atoms with Crippen LogP contribution >= 0.6 is 11.3 Å². The molecule has 0 aliphatic carbocycles. The third-order valence-electron chi connectivity index (χ3n) is 12.1. The highest BCUT2D eigenvalue weighted by Crippen LogP contribution is 2.44. The molecule has 0 aliphatic rings. The molecule has 12 rings (SSSR count). The van der Waals surface area contributed by atoms with Gasteiger partial charge in [0.25, 0.3) is 0 Å². The zero-order valence-electron chi connectivity index (χ0n) is 33.1. The van der Waals surface area contributed by atoms with Gasteiger partial charge in [0.1, 0.15) is 0 Å². The van der Waals surface area contributed by atoms with E-state index in [0.29, 0.717) is 5.82 Å². The Kier molecular flexibility index (Phi) is 8.39. The Balaban J connectivity index is 0.992. The van der Waals surface area contributed by atoms with Gasteiger partial charge in [0.2, 0.25) is 0 Å². The molecule has 61 heavy (non-hydrogen) atoms. The van der Waals surface area contributed by atoms with Gasteiger partial charge in [0.15, 0.2) is 5.82 Å². The first kappa shape index (κ1) is 35.2. The van der Waals surface area contributed by atoms with Crippen LogP contribution in [0.1, 0.15) is 0 Å². The van der Waals surface area contributed by atoms with E-state index in [2.05, 4.69) is 194 Å². The predicted molar refractivity (Wildman–Crippen MR) is 260 cm³/mol. The van der Waals surface area contributed by atoms with Gasteiger partial charge in [0, 0.05) is 36.9 Å². The Morgan fingerprint density at radius 2 is 0.770 bits per heavy atom. The lowest BCUT2D eigenvalue weighted by Gasteiger charge is -2.16. The van der Waals surface area contributed by atoms with Crippen molar-refractivity contribution < 1.29 is 0 Å². The molecule has 2 aromatic heterocycles. The van der Waals surface area contributed by atoms with Crippen LogP contribution in [0.3, 0.4) is 0 Å². The summed E-state index contributed by atoms with van der Waals surface area (Å²) in [6.07, 6.45) is 0. The fraction of sp³-hybridized carbons (Fsp3) is 0. The minimum absolute atomic E-state index is 0.705. The standard InChI is InChI=1S/C58H36N2S/c1-3-13-37(14-4-1)38-25-27-39(28-26-38)53-36-54(60-58(59-53)40-15-5-2-6-16-40)44-18-11-17-41(33-44)42-29-31-50-51(34-42)47-20-8-7-19-46(47)49-23-12-22-45(57(49)50)43-30-32-56-52(35-43)48-21-9-10-24-55(48)61-56/h1-36H. The van der Waals surface area contributed by atoms with Crippen LogP contribution in [-0.2, 0) is 0 Å². The SMILES string of the molecule is c1ccc(-c2ccc(-c3cc(-c4cccc(-c5ccc6c(c5)c5ccccc5c5cccc(-c7ccc8sc9ccccc9c8c7)c56)c4)nc(-c4ccccc4)n3)cc2)cc1. The second-order valence-electron chi connectivity index (χ2n) is 15.7. The maximum Gasteiger partial charge on any atom is 0.160 e. The summed E-state index contributed by atoms with van der Waals surface area (Å²) in [7, 11) is 0. The van der Waals surface area contributed by atoms with E-state index in [1.807, 2.05) is 35.6 Å². The number of rotatable bonds is 6. The Labute approximate surface area is 357 Å². The Bertz CT molecular complexity index is 3630. The molecule has 0 bridgehead atoms. The van der Waals surface area contributed by atoms with Gasteiger partial charge in [-0.25, -0.2) is 9.97 Å². The molecule has 0 radical (unpaired) electrons. The molecule has 2 nitrogen and oxygen atoms in total. The van der Waals surface area contributed by atoms with Crippen molar-refractivity contribution in [3.05, 3.63) is 218 Å². The summed E-state index contributed by atoms with van der Waals surface area (Å²) in [6, 6.07) is 78.8. The summed E-state index contributed by atoms with van der Waals surface area (Å²) in [4.78, 5) is 10.3. The van der Waals surface area contributed by atoms with Crippen LogP contribution in [0, 0.1) is 0 Å². The highest BCUT2D eigenvalue weighted by atomic mass is 32.1. The van der Waals surface area contributed by atoms with Crippen molar-refractivity contribution >= 4 is 63.8 Å². The second-order valence-corrected chi connectivity index (χ2v) is 16.8. The summed E-state index contributed by atoms with van der Waals surface area (Å²) >= 11 is 1.86. The second kappa shape index (κ2) is 14.5. The maximum atomic E-state index is 5.18. The minimum Gasteiger partial charge on any atom is -0.228 e. The summed E-state index contributed by atoms with van der Waals surface area (Å²) < 4.78 is 2.64. The van der Waals surface area contributed by atoms with Crippen LogP contribution < -0.4 is 0 Å². The van der Waals surface area contributed by atoms with Crippen molar-refractivity contribution in [2.24, 2.45) is 0 Å². The predicted octanol–water partition coefficient (Wildman–Crippen LogP) is 16.3. The Hall–Kier alpha value is -7.72. The van der Waals surface area contributed by atoms with Crippen LogP contribution in [0.15, 0.2) is 218 Å². The average molecular weight is 793 g/mol. The van der Waals surface area contributed by atoms with Crippen molar-refractivity contribution in [2.75, 3.05) is 0 Å². The minimum atomic E-state index is 0.705. The zero-order valence-corrected chi connectivity index (χ0v) is 33.9. The lowest BCUT2D eigenvalue weighted by Crippen LogP contribution is -1.96. The molecule has 0 spiro atoms. The third-order valence-corrected chi connectivity index (χ3v) is 13.2. The van der Waals surface area contributed by atoms with Crippen molar-refractivity contribution in [1.82, 2.24) is 9.97 Å². The monoisotopic (exact) mass is 792 g/mol. The summed E-state index contributed by atoms with van der Waals surface area (Å²) in [5.74, 6) is 0.705. The molecule has 0 amide bonds. The van der Waals surface area contributed by atoms with Crippen molar-refractivity contribution in [3.8, 4) is 67.3 Å². The number of aromatic nitrogens is 2. The first-order valence-electron chi connectivity index (χ1n) is 20.7. The summed E-state index contributed by atoms with van der Waals surface area (Å²) in [5.41, 5.74) is 12.0. The molecule has 0 unspecified atom stereocenters. The fourth-order valence-corrected chi connectivity index (χ4v) is 10.2. The number of nitrogens with zero attached hydrogens (tertiary/aromatic N) is 2. The molecule has 3 heteroatoms. The van der Waals surface area contributed by atoms with E-state index in [4.69, 9.17) is 9.97 Å². The van der Waals surface area contributed by atoms with Crippen molar-refractivity contribution in [1.29, 1.82) is 0 Å². The molecule has 0 saturated carbocycles. The molecule has 0 fully saturated rings. The molecule has 0 N–H and O–H groups in total. The molecular formula is C58H36N2S. The van der Waals surface area contributed by atoms with Gasteiger partial charge in [-0.15, -0.1) is 11.3 Å². The maximum absolute atomic E-state index is 5.18. The molecule has 12 aromatic rings. The molecule has 284 valence electrons. The molecular weight excluding hydrogens is 757 g/mol. The van der Waals surface area contributed by atoms with E-state index in [-0.39, 0.29) is 0 Å². The number of hydrogen-bond donors (Lipinski definition) is 0. The highest BCUT2D eigenvalue weighted by molar-refractivity contribution is 7.25. The summed E-state index contributed by atoms with van der Waals surface area (Å²) in [5, 5.41) is 10.2. The number of hydrogen-bond acceptors (Lipinski definition) is 3. The molecule has 10 aromatic carbocycles. The van der Waals surface area contributed by atoms with Crippen molar-refractivity contribution in [2.45, 2.75) is 0 Å². The number of thiophene rings is 1.